The second kappa shape index (κ2) is 6.89. The van der Waals surface area contributed by atoms with Crippen molar-refractivity contribution in [1.29, 1.82) is 0 Å². The number of piperidine rings is 1. The third-order valence-electron chi connectivity index (χ3n) is 4.06. The number of aryl methyl sites for hydroxylation is 1. The Morgan fingerprint density at radius 3 is 2.90 bits per heavy atom. The number of carbonyl (C=O) groups is 1. The van der Waals surface area contributed by atoms with E-state index in [1.165, 1.54) is 12.0 Å². The smallest absolute Gasteiger partial charge is 0.224 e. The molecule has 1 amide bonds. The summed E-state index contributed by atoms with van der Waals surface area (Å²) in [5.74, 6) is 1.05. The maximum absolute atomic E-state index is 12.3. The van der Waals surface area contributed by atoms with Gasteiger partial charge in [-0.15, -0.1) is 0 Å². The predicted molar refractivity (Wildman–Crippen MR) is 84.1 cm³/mol. The van der Waals surface area contributed by atoms with Crippen molar-refractivity contribution in [3.05, 3.63) is 29.3 Å². The SMILES string of the molecule is Cc1cccc(C(C)C)c1NC(=O)CC1CCCNC1. The molecule has 1 saturated heterocycles. The zero-order valence-corrected chi connectivity index (χ0v) is 12.8. The van der Waals surface area contributed by atoms with Crippen LogP contribution in [0.15, 0.2) is 18.2 Å². The third kappa shape index (κ3) is 3.83. The van der Waals surface area contributed by atoms with Crippen LogP contribution in [0.2, 0.25) is 0 Å². The van der Waals surface area contributed by atoms with Crippen LogP contribution in [0.4, 0.5) is 5.69 Å². The van der Waals surface area contributed by atoms with Gasteiger partial charge in [-0.1, -0.05) is 32.0 Å². The average molecular weight is 274 g/mol. The number of amides is 1. The number of para-hydroxylation sites is 1. The van der Waals surface area contributed by atoms with Crippen molar-refractivity contribution in [1.82, 2.24) is 5.32 Å². The molecule has 0 bridgehead atoms. The Hall–Kier alpha value is -1.35. The molecule has 1 aliphatic rings. The number of rotatable bonds is 4. The van der Waals surface area contributed by atoms with E-state index in [4.69, 9.17) is 0 Å². The van der Waals surface area contributed by atoms with Crippen LogP contribution in [-0.2, 0) is 4.79 Å². The molecule has 0 spiro atoms. The van der Waals surface area contributed by atoms with Gasteiger partial charge in [0, 0.05) is 12.1 Å². The van der Waals surface area contributed by atoms with Crippen LogP contribution in [0.3, 0.4) is 0 Å². The van der Waals surface area contributed by atoms with Gasteiger partial charge in [0.2, 0.25) is 5.91 Å². The van der Waals surface area contributed by atoms with Gasteiger partial charge in [0.25, 0.3) is 0 Å². The lowest BCUT2D eigenvalue weighted by atomic mass is 9.95. The third-order valence-corrected chi connectivity index (χ3v) is 4.06. The molecular formula is C17H26N2O. The fourth-order valence-corrected chi connectivity index (χ4v) is 2.89. The van der Waals surface area contributed by atoms with Gasteiger partial charge < -0.3 is 10.6 Å². The minimum atomic E-state index is 0.148. The topological polar surface area (TPSA) is 41.1 Å². The van der Waals surface area contributed by atoms with Crippen molar-refractivity contribution < 1.29 is 4.79 Å². The molecule has 1 aromatic rings. The molecule has 20 heavy (non-hydrogen) atoms. The monoisotopic (exact) mass is 274 g/mol. The fraction of sp³-hybridized carbons (Fsp3) is 0.588. The summed E-state index contributed by atoms with van der Waals surface area (Å²) in [5, 5.41) is 6.51. The molecule has 0 radical (unpaired) electrons. The Morgan fingerprint density at radius 1 is 1.45 bits per heavy atom. The quantitative estimate of drug-likeness (QED) is 0.883. The van der Waals surface area contributed by atoms with Crippen LogP contribution < -0.4 is 10.6 Å². The van der Waals surface area contributed by atoms with Crippen LogP contribution in [0.1, 0.15) is 50.2 Å². The first-order chi connectivity index (χ1) is 9.58. The molecule has 3 nitrogen and oxygen atoms in total. The number of benzene rings is 1. The summed E-state index contributed by atoms with van der Waals surface area (Å²) in [6, 6.07) is 6.23. The Kier molecular flexibility index (Phi) is 5.18. The van der Waals surface area contributed by atoms with E-state index in [-0.39, 0.29) is 5.91 Å². The van der Waals surface area contributed by atoms with Crippen LogP contribution >= 0.6 is 0 Å². The Morgan fingerprint density at radius 2 is 2.25 bits per heavy atom. The van der Waals surface area contributed by atoms with Gasteiger partial charge in [0.1, 0.15) is 0 Å². The van der Waals surface area contributed by atoms with Crippen LogP contribution in [-0.4, -0.2) is 19.0 Å². The van der Waals surface area contributed by atoms with Crippen LogP contribution in [0.5, 0.6) is 0 Å². The largest absolute Gasteiger partial charge is 0.326 e. The molecule has 0 saturated carbocycles. The van der Waals surface area contributed by atoms with Crippen LogP contribution in [0.25, 0.3) is 0 Å². The summed E-state index contributed by atoms with van der Waals surface area (Å²) in [6.45, 7) is 8.44. The minimum absolute atomic E-state index is 0.148. The van der Waals surface area contributed by atoms with Crippen molar-refractivity contribution in [2.45, 2.75) is 46.0 Å². The first kappa shape index (κ1) is 15.0. The summed E-state index contributed by atoms with van der Waals surface area (Å²) < 4.78 is 0. The highest BCUT2D eigenvalue weighted by Gasteiger charge is 2.18. The Balaban J connectivity index is 2.03. The molecule has 0 aliphatic carbocycles. The number of anilines is 1. The standard InChI is InChI=1S/C17H26N2O/c1-12(2)15-8-4-6-13(3)17(15)19-16(20)10-14-7-5-9-18-11-14/h4,6,8,12,14,18H,5,7,9-11H2,1-3H3,(H,19,20). The molecule has 3 heteroatoms. The number of nitrogens with one attached hydrogen (secondary N) is 2. The van der Waals surface area contributed by atoms with E-state index in [2.05, 4.69) is 49.6 Å². The summed E-state index contributed by atoms with van der Waals surface area (Å²) in [6.07, 6.45) is 2.96. The first-order valence-corrected chi connectivity index (χ1v) is 7.68. The van der Waals surface area contributed by atoms with Gasteiger partial charge in [-0.2, -0.15) is 0 Å². The first-order valence-electron chi connectivity index (χ1n) is 7.68. The van der Waals surface area contributed by atoms with E-state index in [0.29, 0.717) is 18.3 Å². The molecule has 1 fully saturated rings. The molecule has 1 atom stereocenters. The molecule has 0 aromatic heterocycles. The number of hydrogen-bond acceptors (Lipinski definition) is 2. The molecule has 1 unspecified atom stereocenters. The maximum atomic E-state index is 12.3. The Labute approximate surface area is 122 Å². The summed E-state index contributed by atoms with van der Waals surface area (Å²) in [4.78, 5) is 12.3. The lowest BCUT2D eigenvalue weighted by Crippen LogP contribution is -2.32. The van der Waals surface area contributed by atoms with Crippen molar-refractivity contribution >= 4 is 11.6 Å². The average Bonchev–Trinajstić information content (AvgIpc) is 2.42. The van der Waals surface area contributed by atoms with Gasteiger partial charge in [0.05, 0.1) is 0 Å². The van der Waals surface area contributed by atoms with E-state index >= 15 is 0 Å². The van der Waals surface area contributed by atoms with Crippen molar-refractivity contribution in [3.8, 4) is 0 Å². The highest BCUT2D eigenvalue weighted by Crippen LogP contribution is 2.28. The van der Waals surface area contributed by atoms with Crippen molar-refractivity contribution in [2.24, 2.45) is 5.92 Å². The van der Waals surface area contributed by atoms with E-state index in [1.54, 1.807) is 0 Å². The van der Waals surface area contributed by atoms with Crippen molar-refractivity contribution in [2.75, 3.05) is 18.4 Å². The molecule has 1 aromatic carbocycles. The molecule has 1 aliphatic heterocycles. The van der Waals surface area contributed by atoms with E-state index < -0.39 is 0 Å². The molecule has 2 rings (SSSR count). The summed E-state index contributed by atoms with van der Waals surface area (Å²) in [5.41, 5.74) is 3.38. The van der Waals surface area contributed by atoms with Crippen molar-refractivity contribution in [3.63, 3.8) is 0 Å². The summed E-state index contributed by atoms with van der Waals surface area (Å²) in [7, 11) is 0. The fourth-order valence-electron chi connectivity index (χ4n) is 2.89. The van der Waals surface area contributed by atoms with Gasteiger partial charge in [-0.05, 0) is 55.8 Å². The van der Waals surface area contributed by atoms with Gasteiger partial charge in [-0.25, -0.2) is 0 Å². The molecule has 2 N–H and O–H groups in total. The number of carbonyl (C=O) groups excluding carboxylic acids is 1. The normalized spacial score (nSPS) is 19.1. The predicted octanol–water partition coefficient (Wildman–Crippen LogP) is 3.45. The molecule has 1 heterocycles. The zero-order chi connectivity index (χ0) is 14.5. The van der Waals surface area contributed by atoms with Gasteiger partial charge in [-0.3, -0.25) is 4.79 Å². The van der Waals surface area contributed by atoms with E-state index in [0.717, 1.165) is 30.8 Å². The van der Waals surface area contributed by atoms with Gasteiger partial charge in [0.15, 0.2) is 0 Å². The molecule has 110 valence electrons. The highest BCUT2D eigenvalue weighted by atomic mass is 16.1. The van der Waals surface area contributed by atoms with Crippen LogP contribution in [0, 0.1) is 12.8 Å². The van der Waals surface area contributed by atoms with E-state index in [9.17, 15) is 4.79 Å². The highest BCUT2D eigenvalue weighted by molar-refractivity contribution is 5.92. The van der Waals surface area contributed by atoms with Gasteiger partial charge >= 0.3 is 0 Å². The number of hydrogen-bond donors (Lipinski definition) is 2. The minimum Gasteiger partial charge on any atom is -0.326 e. The zero-order valence-electron chi connectivity index (χ0n) is 12.8. The maximum Gasteiger partial charge on any atom is 0.224 e. The van der Waals surface area contributed by atoms with E-state index in [1.807, 2.05) is 0 Å². The lowest BCUT2D eigenvalue weighted by molar-refractivity contribution is -0.117. The Bertz CT molecular complexity index is 462. The second-order valence-electron chi connectivity index (χ2n) is 6.16. The lowest BCUT2D eigenvalue weighted by Gasteiger charge is -2.23. The second-order valence-corrected chi connectivity index (χ2v) is 6.16. The molecular weight excluding hydrogens is 248 g/mol. The summed E-state index contributed by atoms with van der Waals surface area (Å²) >= 11 is 0.